The molecule has 2 N–H and O–H groups in total. The zero-order valence-corrected chi connectivity index (χ0v) is 96.9. The monoisotopic (exact) mass is 2030 g/mol. The Bertz CT molecular complexity index is 5040. The topological polar surface area (TPSA) is 114 Å². The Morgan fingerprint density at radius 3 is 0.627 bits per heavy atom. The molecule has 150 heavy (non-hydrogen) atoms. The van der Waals surface area contributed by atoms with Crippen LogP contribution in [0.4, 0.5) is 85.3 Å². The van der Waals surface area contributed by atoms with Crippen LogP contribution in [0.5, 0.6) is 0 Å². The third-order valence-corrected chi connectivity index (χ3v) is 20.6. The highest BCUT2D eigenvalue weighted by atomic mass is 16.7. The maximum absolute atomic E-state index is 5.86. The lowest BCUT2D eigenvalue weighted by atomic mass is 10.1. The van der Waals surface area contributed by atoms with Crippen molar-refractivity contribution in [3.05, 3.63) is 452 Å². The molecule has 0 spiro atoms. The Balaban J connectivity index is 0.000000880. The third kappa shape index (κ3) is 44.2. The number of para-hydroxylation sites is 12. The van der Waals surface area contributed by atoms with Gasteiger partial charge in [-0.2, -0.15) is 0 Å². The van der Waals surface area contributed by atoms with Gasteiger partial charge >= 0.3 is 0 Å². The van der Waals surface area contributed by atoms with Gasteiger partial charge in [-0.1, -0.05) is 462 Å². The summed E-state index contributed by atoms with van der Waals surface area (Å²) in [4.78, 5) is 11.2. The van der Waals surface area contributed by atoms with Gasteiger partial charge in [-0.05, 0) is 175 Å². The number of anilines is 15. The van der Waals surface area contributed by atoms with Crippen LogP contribution in [0.1, 0.15) is 267 Å². The van der Waals surface area contributed by atoms with Crippen LogP contribution in [0, 0.1) is 0 Å². The normalized spacial score (nSPS) is 13.1. The summed E-state index contributed by atoms with van der Waals surface area (Å²) in [6.07, 6.45) is -0.884. The van der Waals surface area contributed by atoms with Crippen LogP contribution in [0.25, 0.3) is 0 Å². The Morgan fingerprint density at radius 1 is 0.153 bits per heavy atom. The van der Waals surface area contributed by atoms with E-state index in [0.29, 0.717) is 39.6 Å². The summed E-state index contributed by atoms with van der Waals surface area (Å²) >= 11 is 0. The molecule has 0 bridgehead atoms. The summed E-state index contributed by atoms with van der Waals surface area (Å²) < 4.78 is 45.6. The van der Waals surface area contributed by atoms with Crippen LogP contribution >= 0.6 is 0 Å². The zero-order chi connectivity index (χ0) is 111. The van der Waals surface area contributed by atoms with Crippen molar-refractivity contribution < 1.29 is 37.9 Å². The van der Waals surface area contributed by atoms with Gasteiger partial charge in [0, 0.05) is 109 Å². The summed E-state index contributed by atoms with van der Waals surface area (Å²) in [5.74, 6) is 0. The summed E-state index contributed by atoms with van der Waals surface area (Å²) in [5, 5.41) is 6.80. The van der Waals surface area contributed by atoms with Gasteiger partial charge in [0.25, 0.3) is 0 Å². The van der Waals surface area contributed by atoms with E-state index in [1.54, 1.807) is 0 Å². The van der Waals surface area contributed by atoms with Crippen molar-refractivity contribution in [2.75, 3.05) is 90.4 Å². The summed E-state index contributed by atoms with van der Waals surface area (Å²) in [6.45, 7) is 67.2. The van der Waals surface area contributed by atoms with Crippen LogP contribution in [-0.4, -0.2) is 65.9 Å². The zero-order valence-electron chi connectivity index (χ0n) is 96.9. The molecule has 5 aliphatic heterocycles. The minimum Gasteiger partial charge on any atom is -0.358 e. The second-order valence-electron chi connectivity index (χ2n) is 28.6. The first-order chi connectivity index (χ1) is 74.6. The van der Waals surface area contributed by atoms with E-state index in [4.69, 9.17) is 37.9 Å². The Morgan fingerprint density at radius 2 is 0.353 bits per heavy atom. The van der Waals surface area contributed by atoms with Crippen molar-refractivity contribution in [2.45, 2.75) is 239 Å². The van der Waals surface area contributed by atoms with E-state index in [-0.39, 0.29) is 31.3 Å². The summed E-state index contributed by atoms with van der Waals surface area (Å²) in [6, 6.07) is 146. The first-order valence-electron chi connectivity index (χ1n) is 56.0. The first-order valence-corrected chi connectivity index (χ1v) is 56.0. The van der Waals surface area contributed by atoms with E-state index in [1.807, 2.05) is 287 Å². The Kier molecular flexibility index (Phi) is 79.8. The van der Waals surface area contributed by atoms with E-state index >= 15 is 0 Å². The van der Waals surface area contributed by atoms with E-state index in [1.165, 1.54) is 0 Å². The maximum atomic E-state index is 5.86. The van der Waals surface area contributed by atoms with E-state index in [0.717, 1.165) is 139 Å². The molecular formula is C135H187N7O8. The molecule has 20 rings (SSSR count). The number of rotatable bonds is 20. The molecule has 0 aliphatic carbocycles. The van der Waals surface area contributed by atoms with Crippen molar-refractivity contribution in [3.63, 3.8) is 0 Å². The van der Waals surface area contributed by atoms with Gasteiger partial charge in [0.1, 0.15) is 12.5 Å². The van der Waals surface area contributed by atoms with Crippen LogP contribution in [-0.2, 0) is 37.9 Å². The molecule has 5 fully saturated rings. The van der Waals surface area contributed by atoms with Gasteiger partial charge in [-0.3, -0.25) is 10.6 Å². The number of benzene rings is 15. The second kappa shape index (κ2) is 88.8. The fourth-order valence-corrected chi connectivity index (χ4v) is 15.1. The van der Waals surface area contributed by atoms with E-state index in [2.05, 4.69) is 381 Å². The number of ether oxygens (including phenoxy) is 8. The molecule has 0 radical (unpaired) electrons. The van der Waals surface area contributed by atoms with Crippen molar-refractivity contribution in [2.24, 2.45) is 0 Å². The molecule has 5 aliphatic rings. The van der Waals surface area contributed by atoms with Gasteiger partial charge in [0.05, 0.1) is 64.2 Å². The van der Waals surface area contributed by atoms with Crippen LogP contribution in [0.15, 0.2) is 425 Å². The first kappa shape index (κ1) is 135. The van der Waals surface area contributed by atoms with Crippen LogP contribution in [0.3, 0.4) is 0 Å². The molecule has 15 aromatic carbocycles. The van der Waals surface area contributed by atoms with E-state index < -0.39 is 0 Å². The smallest absolute Gasteiger partial charge is 0.186 e. The number of nitrogens with one attached hydrogen (secondary N) is 2. The number of nitrogens with zero attached hydrogens (tertiary/aromatic N) is 5. The van der Waals surface area contributed by atoms with Crippen molar-refractivity contribution >= 4 is 85.3 Å². The molecule has 15 aromatic rings. The molecular weight excluding hydrogens is 1850 g/mol. The van der Waals surface area contributed by atoms with Gasteiger partial charge in [0.15, 0.2) is 18.9 Å². The van der Waals surface area contributed by atoms with Crippen molar-refractivity contribution in [3.8, 4) is 0 Å². The largest absolute Gasteiger partial charge is 0.358 e. The lowest BCUT2D eigenvalue weighted by Gasteiger charge is -2.29. The highest BCUT2D eigenvalue weighted by Gasteiger charge is 2.29. The predicted octanol–water partition coefficient (Wildman–Crippen LogP) is 40.5. The summed E-state index contributed by atoms with van der Waals surface area (Å²) in [7, 11) is 0. The molecule has 2 unspecified atom stereocenters. The lowest BCUT2D eigenvalue weighted by Crippen LogP contribution is -2.18. The molecule has 5 saturated heterocycles. The molecule has 2 atom stereocenters. The summed E-state index contributed by atoms with van der Waals surface area (Å²) in [5.41, 5.74) is 22.2. The molecule has 810 valence electrons. The minimum absolute atomic E-state index is 0.0154. The minimum atomic E-state index is -0.309. The average molecular weight is 2040 g/mol. The Hall–Kier alpha value is -13.1. The Labute approximate surface area is 910 Å². The van der Waals surface area contributed by atoms with Gasteiger partial charge < -0.3 is 62.4 Å². The highest BCUT2D eigenvalue weighted by Crippen LogP contribution is 2.45. The predicted molar refractivity (Wildman–Crippen MR) is 653 cm³/mol. The van der Waals surface area contributed by atoms with Crippen LogP contribution in [0.2, 0.25) is 0 Å². The fourth-order valence-electron chi connectivity index (χ4n) is 15.1. The molecule has 5 heterocycles. The molecule has 0 aromatic heterocycles. The second-order valence-corrected chi connectivity index (χ2v) is 28.6. The van der Waals surface area contributed by atoms with Gasteiger partial charge in [-0.25, -0.2) is 0 Å². The van der Waals surface area contributed by atoms with E-state index in [9.17, 15) is 0 Å². The van der Waals surface area contributed by atoms with Crippen LogP contribution < -0.4 is 35.1 Å². The standard InChI is InChI=1S/2C21H20N2O.3C21H19NO2.15C2H6/c1-3-9-18(10-4-1)23(19-11-5-2-6-12-19)20-13-7-8-17(16-20)21-22-14-15-24-21;1-3-9-17(10-4-1)23(18-11-5-2-6-12-18)20-14-8-7-13-19(20)21-22-15-16-24-21;1-3-9-18(10-4-1)22(19-11-5-2-6-12-19)20-13-7-8-17(16-20)21-23-14-15-24-21;1-3-9-17(10-4-1)22(18-11-5-2-6-12-18)20-14-8-7-13-19(20)21-23-15-16-24-21;1-3-7-18(8-4-1)22(19-9-5-2-6-10-19)20-13-11-17(12-14-20)21-23-15-16-24-21;15*1-2/h1-13,16,21-22H,14-15H2;1-14,21-22H,15-16H2;1-13,16,21H,14-15H2;2*1-14,21H,15-16H2;15*1-2H3. The number of hydrogen-bond donors (Lipinski definition) is 2. The maximum Gasteiger partial charge on any atom is 0.186 e. The average Bonchev–Trinajstić information content (AvgIpc) is 1.25. The van der Waals surface area contributed by atoms with Gasteiger partial charge in [-0.15, -0.1) is 0 Å². The SMILES string of the molecule is CC.CC.CC.CC.CC.CC.CC.CC.CC.CC.CC.CC.CC.CC.CC.c1ccc(N(c2ccccc2)c2ccc(C3OCCO3)cc2)cc1.c1ccc(N(c2ccccc2)c2cccc(C3NCCO3)c2)cc1.c1ccc(N(c2ccccc2)c2cccc(C3OCCO3)c2)cc1.c1ccc(N(c2ccccc2)c2ccccc2C2NCCO2)cc1.c1ccc(N(c2ccccc2)c2ccccc2C2OCCO2)cc1. The molecule has 0 amide bonds. The molecule has 15 nitrogen and oxygen atoms in total. The molecule has 15 heteroatoms. The van der Waals surface area contributed by atoms with Crippen molar-refractivity contribution in [1.82, 2.24) is 10.6 Å². The van der Waals surface area contributed by atoms with Crippen molar-refractivity contribution in [1.29, 1.82) is 0 Å². The molecule has 0 saturated carbocycles. The number of hydrogen-bond acceptors (Lipinski definition) is 15. The lowest BCUT2D eigenvalue weighted by molar-refractivity contribution is -0.0442. The highest BCUT2D eigenvalue weighted by molar-refractivity contribution is 5.82. The third-order valence-electron chi connectivity index (χ3n) is 20.6. The van der Waals surface area contributed by atoms with Gasteiger partial charge in [0.2, 0.25) is 0 Å². The quantitative estimate of drug-likeness (QED) is 0.0754. The fraction of sp³-hybridized carbons (Fsp3) is 0.333.